The molecule has 0 N–H and O–H groups in total. The summed E-state index contributed by atoms with van der Waals surface area (Å²) in [7, 11) is 0. The highest BCUT2D eigenvalue weighted by Gasteiger charge is 2.23. The van der Waals surface area contributed by atoms with E-state index in [-0.39, 0.29) is 0 Å². The van der Waals surface area contributed by atoms with Gasteiger partial charge in [-0.1, -0.05) is 39.0 Å². The second-order valence-electron chi connectivity index (χ2n) is 3.75. The van der Waals surface area contributed by atoms with E-state index in [1.165, 1.54) is 32.1 Å². The maximum atomic E-state index is 5.72. The first-order valence-electron chi connectivity index (χ1n) is 5.70. The van der Waals surface area contributed by atoms with Gasteiger partial charge in [-0.3, -0.25) is 0 Å². The number of unbranched alkanes of at least 4 members (excludes halogenated alkanes) is 5. The molecular weight excluding hydrogens is 271 g/mol. The fourth-order valence-corrected chi connectivity index (χ4v) is 2.34. The van der Waals surface area contributed by atoms with Crippen LogP contribution in [0.4, 0.5) is 0 Å². The molecule has 0 aromatic carbocycles. The third-order valence-corrected chi connectivity index (χ3v) is 4.64. The average molecular weight is 292 g/mol. The lowest BCUT2D eigenvalue weighted by Crippen LogP contribution is -2.12. The highest BCUT2D eigenvalue weighted by atomic mass is 35.8. The summed E-state index contributed by atoms with van der Waals surface area (Å²) in [6.07, 6.45) is 7.69. The van der Waals surface area contributed by atoms with Gasteiger partial charge in [0.25, 0.3) is 0 Å². The zero-order valence-electron chi connectivity index (χ0n) is 9.41. The van der Waals surface area contributed by atoms with E-state index >= 15 is 0 Å². The second-order valence-corrected chi connectivity index (χ2v) is 13.0. The Labute approximate surface area is 109 Å². The smallest absolute Gasteiger partial charge is 0.343 e. The molecule has 0 spiro atoms. The zero-order chi connectivity index (χ0) is 11.6. The van der Waals surface area contributed by atoms with Gasteiger partial charge < -0.3 is 4.74 Å². The molecule has 0 aliphatic carbocycles. The van der Waals surface area contributed by atoms with Crippen LogP contribution in [0.15, 0.2) is 0 Å². The molecule has 0 rings (SSSR count). The topological polar surface area (TPSA) is 9.23 Å². The second kappa shape index (κ2) is 10.2. The minimum Gasteiger partial charge on any atom is -0.382 e. The summed E-state index contributed by atoms with van der Waals surface area (Å²) >= 11 is 17.2. The molecule has 5 heteroatoms. The van der Waals surface area contributed by atoms with Gasteiger partial charge in [-0.2, -0.15) is 0 Å². The van der Waals surface area contributed by atoms with E-state index in [1.807, 2.05) is 0 Å². The lowest BCUT2D eigenvalue weighted by molar-refractivity contribution is 0.142. The molecule has 92 valence electrons. The lowest BCUT2D eigenvalue weighted by Gasteiger charge is -2.08. The highest BCUT2D eigenvalue weighted by molar-refractivity contribution is 7.64. The first-order chi connectivity index (χ1) is 7.06. The van der Waals surface area contributed by atoms with E-state index in [4.69, 9.17) is 38.0 Å². The molecule has 0 unspecified atom stereocenters. The van der Waals surface area contributed by atoms with Gasteiger partial charge in [0.05, 0.1) is 0 Å². The van der Waals surface area contributed by atoms with Crippen LogP contribution in [-0.4, -0.2) is 19.2 Å². The Hall–Kier alpha value is 1.05. The number of hydrogen-bond acceptors (Lipinski definition) is 1. The van der Waals surface area contributed by atoms with Gasteiger partial charge in [-0.05, 0) is 6.42 Å². The molecule has 0 aliphatic heterocycles. The predicted octanol–water partition coefficient (Wildman–Crippen LogP) is 5.02. The summed E-state index contributed by atoms with van der Waals surface area (Å²) in [6, 6.07) is -1.85. The Balaban J connectivity index is 2.99. The van der Waals surface area contributed by atoms with E-state index in [2.05, 4.69) is 6.92 Å². The molecule has 0 aromatic rings. The van der Waals surface area contributed by atoms with Crippen molar-refractivity contribution >= 4 is 39.2 Å². The van der Waals surface area contributed by atoms with Crippen molar-refractivity contribution in [3.05, 3.63) is 0 Å². The Morgan fingerprint density at radius 1 is 0.867 bits per heavy atom. The lowest BCUT2D eigenvalue weighted by atomic mass is 10.1. The molecule has 0 amide bonds. The maximum Gasteiger partial charge on any atom is 0.343 e. The van der Waals surface area contributed by atoms with E-state index < -0.39 is 6.00 Å². The van der Waals surface area contributed by atoms with Crippen molar-refractivity contribution in [1.29, 1.82) is 0 Å². The van der Waals surface area contributed by atoms with Crippen LogP contribution in [0.2, 0.25) is 6.04 Å². The van der Waals surface area contributed by atoms with Crippen LogP contribution >= 0.6 is 33.2 Å². The van der Waals surface area contributed by atoms with Crippen LogP contribution in [0, 0.1) is 0 Å². The Morgan fingerprint density at radius 3 is 2.07 bits per heavy atom. The summed E-state index contributed by atoms with van der Waals surface area (Å²) < 4.78 is 5.40. The molecule has 0 heterocycles. The van der Waals surface area contributed by atoms with Gasteiger partial charge in [0, 0.05) is 19.3 Å². The van der Waals surface area contributed by atoms with Crippen LogP contribution < -0.4 is 0 Å². The van der Waals surface area contributed by atoms with Crippen LogP contribution in [0.5, 0.6) is 0 Å². The van der Waals surface area contributed by atoms with Gasteiger partial charge in [-0.15, -0.1) is 33.2 Å². The zero-order valence-corrected chi connectivity index (χ0v) is 12.7. The van der Waals surface area contributed by atoms with Gasteiger partial charge in [0.15, 0.2) is 0 Å². The molecule has 15 heavy (non-hydrogen) atoms. The Bertz CT molecular complexity index is 139. The van der Waals surface area contributed by atoms with E-state index in [9.17, 15) is 0 Å². The van der Waals surface area contributed by atoms with E-state index in [1.54, 1.807) is 0 Å². The molecule has 0 bridgehead atoms. The number of ether oxygens (including phenoxy) is 1. The number of rotatable bonds is 10. The monoisotopic (exact) mass is 290 g/mol. The van der Waals surface area contributed by atoms with Crippen molar-refractivity contribution in [3.8, 4) is 0 Å². The van der Waals surface area contributed by atoms with Gasteiger partial charge >= 0.3 is 6.00 Å². The molecule has 0 atom stereocenters. The van der Waals surface area contributed by atoms with Crippen molar-refractivity contribution < 1.29 is 4.74 Å². The third-order valence-electron chi connectivity index (χ3n) is 2.17. The molecule has 0 saturated heterocycles. The SMILES string of the molecule is CCCCCCCCOCC[Si](Cl)(Cl)Cl. The molecular formula is C10H21Cl3OSi. The third kappa shape index (κ3) is 15.0. The van der Waals surface area contributed by atoms with Crippen LogP contribution in [0.25, 0.3) is 0 Å². The summed E-state index contributed by atoms with van der Waals surface area (Å²) in [5.74, 6) is 0. The molecule has 0 aromatic heterocycles. The van der Waals surface area contributed by atoms with Crippen molar-refractivity contribution in [2.75, 3.05) is 13.2 Å². The number of halogens is 3. The molecule has 0 aliphatic rings. The normalized spacial score (nSPS) is 12.0. The number of hydrogen-bond donors (Lipinski definition) is 0. The van der Waals surface area contributed by atoms with Gasteiger partial charge in [0.2, 0.25) is 0 Å². The predicted molar refractivity (Wildman–Crippen MR) is 72.3 cm³/mol. The van der Waals surface area contributed by atoms with Gasteiger partial charge in [-0.25, -0.2) is 0 Å². The first kappa shape index (κ1) is 16.0. The first-order valence-corrected chi connectivity index (χ1v) is 10.9. The summed E-state index contributed by atoms with van der Waals surface area (Å²) in [5.41, 5.74) is 0. The fraction of sp³-hybridized carbons (Fsp3) is 1.00. The van der Waals surface area contributed by atoms with Crippen LogP contribution in [0.1, 0.15) is 45.4 Å². The minimum absolute atomic E-state index is 0.595. The van der Waals surface area contributed by atoms with Crippen LogP contribution in [0.3, 0.4) is 0 Å². The largest absolute Gasteiger partial charge is 0.382 e. The molecule has 0 radical (unpaired) electrons. The average Bonchev–Trinajstić information content (AvgIpc) is 2.14. The summed E-state index contributed by atoms with van der Waals surface area (Å²) in [6.45, 7) is 3.63. The maximum absolute atomic E-state index is 5.72. The standard InChI is InChI=1S/C10H21Cl3OSi/c1-2-3-4-5-6-7-8-14-9-10-15(11,12)13/h2-10H2,1H3. The summed E-state index contributed by atoms with van der Waals surface area (Å²) in [5, 5.41) is 0. The van der Waals surface area contributed by atoms with Crippen molar-refractivity contribution in [2.45, 2.75) is 51.5 Å². The van der Waals surface area contributed by atoms with Crippen molar-refractivity contribution in [1.82, 2.24) is 0 Å². The summed E-state index contributed by atoms with van der Waals surface area (Å²) in [4.78, 5) is 0. The fourth-order valence-electron chi connectivity index (χ4n) is 1.27. The molecule has 1 nitrogen and oxygen atoms in total. The van der Waals surface area contributed by atoms with Gasteiger partial charge in [0.1, 0.15) is 0 Å². The quantitative estimate of drug-likeness (QED) is 0.312. The van der Waals surface area contributed by atoms with Crippen molar-refractivity contribution in [2.24, 2.45) is 0 Å². The molecule has 0 saturated carbocycles. The Kier molecular flexibility index (Phi) is 10.9. The Morgan fingerprint density at radius 2 is 1.47 bits per heavy atom. The van der Waals surface area contributed by atoms with E-state index in [0.29, 0.717) is 12.7 Å². The van der Waals surface area contributed by atoms with Crippen molar-refractivity contribution in [3.63, 3.8) is 0 Å². The van der Waals surface area contributed by atoms with Crippen LogP contribution in [-0.2, 0) is 4.74 Å². The molecule has 0 fully saturated rings. The highest BCUT2D eigenvalue weighted by Crippen LogP contribution is 2.24. The van der Waals surface area contributed by atoms with E-state index in [0.717, 1.165) is 13.0 Å². The minimum atomic E-state index is -2.45.